The van der Waals surface area contributed by atoms with Gasteiger partial charge >= 0.3 is 5.97 Å². The average molecular weight is 181 g/mol. The molecule has 0 aromatic heterocycles. The Labute approximate surface area is 78.2 Å². The van der Waals surface area contributed by atoms with Crippen LogP contribution in [0.2, 0.25) is 0 Å². The van der Waals surface area contributed by atoms with Gasteiger partial charge in [0.05, 0.1) is 5.92 Å². The second-order valence-corrected chi connectivity index (χ2v) is 2.47. The largest absolute Gasteiger partial charge is 0.481 e. The van der Waals surface area contributed by atoms with E-state index in [1.807, 2.05) is 30.3 Å². The molecular weight excluding hydrogens is 166 g/mol. The third kappa shape index (κ3) is 3.71. The van der Waals surface area contributed by atoms with E-state index < -0.39 is 11.9 Å². The van der Waals surface area contributed by atoms with Gasteiger partial charge in [-0.1, -0.05) is 30.3 Å². The average Bonchev–Trinajstić information content (AvgIpc) is 2.21. The van der Waals surface area contributed by atoms with Crippen LogP contribution in [0.5, 0.6) is 0 Å². The number of rotatable bonds is 2. The lowest BCUT2D eigenvalue weighted by Crippen LogP contribution is -2.06. The lowest BCUT2D eigenvalue weighted by molar-refractivity contribution is -0.138. The summed E-state index contributed by atoms with van der Waals surface area (Å²) >= 11 is 0. The number of benzene rings is 1. The minimum atomic E-state index is -0.781. The van der Waals surface area contributed by atoms with Crippen LogP contribution in [0.15, 0.2) is 30.3 Å². The van der Waals surface area contributed by atoms with Crippen molar-refractivity contribution in [2.75, 3.05) is 7.05 Å². The minimum absolute atomic E-state index is 0.406. The summed E-state index contributed by atoms with van der Waals surface area (Å²) < 4.78 is 0. The maximum Gasteiger partial charge on any atom is 0.310 e. The summed E-state index contributed by atoms with van der Waals surface area (Å²) in [5, 5.41) is 8.64. The van der Waals surface area contributed by atoms with Crippen molar-refractivity contribution in [3.05, 3.63) is 35.9 Å². The van der Waals surface area contributed by atoms with E-state index in [0.717, 1.165) is 5.56 Å². The van der Waals surface area contributed by atoms with Crippen LogP contribution in [-0.4, -0.2) is 18.1 Å². The van der Waals surface area contributed by atoms with Crippen LogP contribution in [0, 0.1) is 0 Å². The highest BCUT2D eigenvalue weighted by atomic mass is 16.4. The van der Waals surface area contributed by atoms with Crippen LogP contribution in [0.3, 0.4) is 0 Å². The molecule has 0 aliphatic rings. The first-order chi connectivity index (χ1) is 6.22. The van der Waals surface area contributed by atoms with Crippen molar-refractivity contribution in [1.82, 2.24) is 0 Å². The van der Waals surface area contributed by atoms with E-state index in [1.165, 1.54) is 7.05 Å². The Morgan fingerprint density at radius 2 is 1.77 bits per heavy atom. The van der Waals surface area contributed by atoms with Crippen molar-refractivity contribution in [2.24, 2.45) is 5.73 Å². The number of nitrogens with two attached hydrogens (primary N) is 1. The molecule has 3 heteroatoms. The van der Waals surface area contributed by atoms with Crippen LogP contribution in [0.4, 0.5) is 0 Å². The zero-order chi connectivity index (χ0) is 10.3. The molecule has 1 atom stereocenters. The van der Waals surface area contributed by atoms with Crippen LogP contribution >= 0.6 is 0 Å². The first-order valence-electron chi connectivity index (χ1n) is 4.07. The van der Waals surface area contributed by atoms with Crippen molar-refractivity contribution >= 4 is 5.97 Å². The molecule has 1 rings (SSSR count). The Morgan fingerprint density at radius 3 is 2.15 bits per heavy atom. The number of hydrogen-bond acceptors (Lipinski definition) is 2. The Morgan fingerprint density at radius 1 is 1.31 bits per heavy atom. The molecule has 72 valence electrons. The number of carboxylic acid groups (broad SMARTS) is 1. The summed E-state index contributed by atoms with van der Waals surface area (Å²) in [5.41, 5.74) is 5.35. The molecule has 3 nitrogen and oxygen atoms in total. The summed E-state index contributed by atoms with van der Waals surface area (Å²) in [6.45, 7) is 1.68. The van der Waals surface area contributed by atoms with E-state index in [1.54, 1.807) is 6.92 Å². The van der Waals surface area contributed by atoms with E-state index in [-0.39, 0.29) is 0 Å². The zero-order valence-electron chi connectivity index (χ0n) is 7.90. The van der Waals surface area contributed by atoms with E-state index in [9.17, 15) is 4.79 Å². The number of hydrogen-bond donors (Lipinski definition) is 2. The molecule has 0 spiro atoms. The fourth-order valence-electron chi connectivity index (χ4n) is 0.884. The molecule has 0 bridgehead atoms. The van der Waals surface area contributed by atoms with Gasteiger partial charge in [0.1, 0.15) is 0 Å². The minimum Gasteiger partial charge on any atom is -0.481 e. The predicted molar refractivity (Wildman–Crippen MR) is 52.6 cm³/mol. The molecule has 0 fully saturated rings. The van der Waals surface area contributed by atoms with Crippen molar-refractivity contribution in [2.45, 2.75) is 12.8 Å². The zero-order valence-corrected chi connectivity index (χ0v) is 7.90. The number of carboxylic acids is 1. The SMILES string of the molecule is CC(C(=O)O)c1ccccc1.CN. The van der Waals surface area contributed by atoms with Gasteiger partial charge in [-0.25, -0.2) is 0 Å². The number of carbonyl (C=O) groups is 1. The maximum atomic E-state index is 10.5. The molecule has 0 saturated carbocycles. The highest BCUT2D eigenvalue weighted by Crippen LogP contribution is 2.13. The first kappa shape index (κ1) is 11.6. The van der Waals surface area contributed by atoms with E-state index >= 15 is 0 Å². The van der Waals surface area contributed by atoms with E-state index in [0.29, 0.717) is 0 Å². The maximum absolute atomic E-state index is 10.5. The molecule has 0 saturated heterocycles. The monoisotopic (exact) mass is 181 g/mol. The van der Waals surface area contributed by atoms with E-state index in [2.05, 4.69) is 5.73 Å². The number of aliphatic carboxylic acids is 1. The molecule has 0 aliphatic carbocycles. The van der Waals surface area contributed by atoms with Gasteiger partial charge < -0.3 is 10.8 Å². The van der Waals surface area contributed by atoms with Crippen molar-refractivity contribution in [3.8, 4) is 0 Å². The fourth-order valence-corrected chi connectivity index (χ4v) is 0.884. The molecule has 1 aromatic carbocycles. The van der Waals surface area contributed by atoms with Gasteiger partial charge in [-0.15, -0.1) is 0 Å². The molecule has 3 N–H and O–H groups in total. The first-order valence-corrected chi connectivity index (χ1v) is 4.07. The molecule has 0 radical (unpaired) electrons. The van der Waals surface area contributed by atoms with Crippen LogP contribution < -0.4 is 5.73 Å². The third-order valence-corrected chi connectivity index (χ3v) is 1.67. The topological polar surface area (TPSA) is 63.3 Å². The predicted octanol–water partition coefficient (Wildman–Crippen LogP) is 1.45. The van der Waals surface area contributed by atoms with Gasteiger partial charge in [-0.3, -0.25) is 4.79 Å². The van der Waals surface area contributed by atoms with Crippen molar-refractivity contribution in [1.29, 1.82) is 0 Å². The molecular formula is C10H15NO2. The van der Waals surface area contributed by atoms with Crippen LogP contribution in [0.25, 0.3) is 0 Å². The molecule has 1 aromatic rings. The summed E-state index contributed by atoms with van der Waals surface area (Å²) in [6.07, 6.45) is 0. The molecule has 13 heavy (non-hydrogen) atoms. The van der Waals surface area contributed by atoms with Gasteiger partial charge in [-0.2, -0.15) is 0 Å². The molecule has 1 unspecified atom stereocenters. The Bertz CT molecular complexity index is 246. The Hall–Kier alpha value is -1.35. The standard InChI is InChI=1S/C9H10O2.CH5N/c1-7(9(10)11)8-5-3-2-4-6-8;1-2/h2-7H,1H3,(H,10,11);2H2,1H3. The van der Waals surface area contributed by atoms with Crippen molar-refractivity contribution < 1.29 is 9.90 Å². The summed E-state index contributed by atoms with van der Waals surface area (Å²) in [5.74, 6) is -1.19. The lowest BCUT2D eigenvalue weighted by atomic mass is 10.0. The summed E-state index contributed by atoms with van der Waals surface area (Å²) in [7, 11) is 1.50. The Balaban J connectivity index is 0.000000671. The van der Waals surface area contributed by atoms with Crippen LogP contribution in [-0.2, 0) is 4.79 Å². The fraction of sp³-hybridized carbons (Fsp3) is 0.300. The second-order valence-electron chi connectivity index (χ2n) is 2.47. The highest BCUT2D eigenvalue weighted by Gasteiger charge is 2.11. The summed E-state index contributed by atoms with van der Waals surface area (Å²) in [6, 6.07) is 9.19. The van der Waals surface area contributed by atoms with E-state index in [4.69, 9.17) is 5.11 Å². The lowest BCUT2D eigenvalue weighted by Gasteiger charge is -2.04. The molecule has 0 heterocycles. The molecule has 0 amide bonds. The van der Waals surface area contributed by atoms with Crippen molar-refractivity contribution in [3.63, 3.8) is 0 Å². The smallest absolute Gasteiger partial charge is 0.310 e. The summed E-state index contributed by atoms with van der Waals surface area (Å²) in [4.78, 5) is 10.5. The Kier molecular flexibility index (Phi) is 5.55. The van der Waals surface area contributed by atoms with Gasteiger partial charge in [0.25, 0.3) is 0 Å². The van der Waals surface area contributed by atoms with Gasteiger partial charge in [-0.05, 0) is 19.5 Å². The molecule has 0 aliphatic heterocycles. The van der Waals surface area contributed by atoms with Crippen LogP contribution in [0.1, 0.15) is 18.4 Å². The highest BCUT2D eigenvalue weighted by molar-refractivity contribution is 5.75. The normalized spacial score (nSPS) is 11.0. The van der Waals surface area contributed by atoms with Gasteiger partial charge in [0.2, 0.25) is 0 Å². The van der Waals surface area contributed by atoms with Gasteiger partial charge in [0.15, 0.2) is 0 Å². The van der Waals surface area contributed by atoms with Gasteiger partial charge in [0, 0.05) is 0 Å². The third-order valence-electron chi connectivity index (χ3n) is 1.67. The quantitative estimate of drug-likeness (QED) is 0.725. The second kappa shape index (κ2) is 6.20.